The van der Waals surface area contributed by atoms with E-state index in [1.54, 1.807) is 11.8 Å². The normalized spacial score (nSPS) is 11.1. The van der Waals surface area contributed by atoms with Crippen LogP contribution in [0.1, 0.15) is 16.1 Å². The molecule has 4 aromatic rings. The van der Waals surface area contributed by atoms with Crippen LogP contribution >= 0.6 is 34.7 Å². The Morgan fingerprint density at radius 2 is 2.04 bits per heavy atom. The molecule has 0 spiro atoms. The van der Waals surface area contributed by atoms with E-state index in [0.717, 1.165) is 27.5 Å². The number of carbonyl (C=O) groups excluding carboxylic acids is 1. The number of thiazole rings is 1. The average Bonchev–Trinajstić information content (AvgIpc) is 3.22. The van der Waals surface area contributed by atoms with Gasteiger partial charge in [0.15, 0.2) is 11.2 Å². The third-order valence-corrected chi connectivity index (χ3v) is 5.98. The number of imidazole rings is 1. The number of aldehydes is 1. The van der Waals surface area contributed by atoms with Gasteiger partial charge in [-0.2, -0.15) is 0 Å². The first-order valence-corrected chi connectivity index (χ1v) is 9.88. The van der Waals surface area contributed by atoms with Crippen molar-refractivity contribution in [2.45, 2.75) is 10.6 Å². The van der Waals surface area contributed by atoms with Crippen LogP contribution in [0, 0.1) is 0 Å². The van der Waals surface area contributed by atoms with Crippen molar-refractivity contribution in [3.05, 3.63) is 76.4 Å². The highest BCUT2D eigenvalue weighted by Gasteiger charge is 2.18. The predicted molar refractivity (Wildman–Crippen MR) is 105 cm³/mol. The maximum atomic E-state index is 11.7. The Balaban J connectivity index is 1.76. The van der Waals surface area contributed by atoms with Gasteiger partial charge in [0.1, 0.15) is 11.4 Å². The van der Waals surface area contributed by atoms with Crippen molar-refractivity contribution in [2.75, 3.05) is 0 Å². The fourth-order valence-electron chi connectivity index (χ4n) is 2.66. The van der Waals surface area contributed by atoms with E-state index >= 15 is 0 Å². The Hall–Kier alpha value is -2.08. The Bertz CT molecular complexity index is 1040. The Morgan fingerprint density at radius 1 is 1.20 bits per heavy atom. The first kappa shape index (κ1) is 16.4. The van der Waals surface area contributed by atoms with Crippen LogP contribution in [0.4, 0.5) is 0 Å². The topological polar surface area (TPSA) is 34.4 Å². The molecule has 6 heteroatoms. The molecule has 124 valence electrons. The van der Waals surface area contributed by atoms with Gasteiger partial charge in [0.2, 0.25) is 0 Å². The van der Waals surface area contributed by atoms with E-state index < -0.39 is 0 Å². The van der Waals surface area contributed by atoms with E-state index in [1.807, 2.05) is 52.4 Å². The second kappa shape index (κ2) is 7.04. The second-order valence-electron chi connectivity index (χ2n) is 5.43. The molecule has 0 unspecified atom stereocenters. The quantitative estimate of drug-likeness (QED) is 0.321. The van der Waals surface area contributed by atoms with Crippen molar-refractivity contribution < 1.29 is 4.79 Å². The Kier molecular flexibility index (Phi) is 4.61. The van der Waals surface area contributed by atoms with Crippen molar-refractivity contribution in [3.63, 3.8) is 0 Å². The Labute approximate surface area is 158 Å². The minimum atomic E-state index is 0.556. The lowest BCUT2D eigenvalue weighted by molar-refractivity contribution is 0.111. The summed E-state index contributed by atoms with van der Waals surface area (Å²) in [5, 5.41) is 2.55. The molecule has 25 heavy (non-hydrogen) atoms. The van der Waals surface area contributed by atoms with Gasteiger partial charge in [-0.25, -0.2) is 4.98 Å². The van der Waals surface area contributed by atoms with Crippen molar-refractivity contribution in [3.8, 4) is 11.3 Å². The lowest BCUT2D eigenvalue weighted by atomic mass is 10.1. The standard InChI is InChI=1S/C19H13ClN2OS2/c20-14-6-7-17(25-12-13-4-2-1-3-5-13)15(10-14)18-16(11-23)22-8-9-24-19(22)21-18/h1-11H,12H2. The van der Waals surface area contributed by atoms with Crippen LogP contribution in [0.3, 0.4) is 0 Å². The third-order valence-electron chi connectivity index (χ3n) is 3.84. The van der Waals surface area contributed by atoms with Crippen molar-refractivity contribution in [2.24, 2.45) is 0 Å². The molecular weight excluding hydrogens is 372 g/mol. The van der Waals surface area contributed by atoms with E-state index in [0.29, 0.717) is 16.4 Å². The first-order chi connectivity index (χ1) is 12.3. The number of hydrogen-bond acceptors (Lipinski definition) is 4. The summed E-state index contributed by atoms with van der Waals surface area (Å²) in [5.41, 5.74) is 3.38. The van der Waals surface area contributed by atoms with E-state index in [4.69, 9.17) is 11.6 Å². The molecule has 0 saturated carbocycles. The molecule has 0 amide bonds. The van der Waals surface area contributed by atoms with Gasteiger partial charge in [-0.3, -0.25) is 9.20 Å². The van der Waals surface area contributed by atoms with Gasteiger partial charge in [0.05, 0.1) is 0 Å². The number of rotatable bonds is 5. The number of nitrogens with zero attached hydrogens (tertiary/aromatic N) is 2. The maximum Gasteiger partial charge on any atom is 0.194 e. The number of carbonyl (C=O) groups is 1. The highest BCUT2D eigenvalue weighted by molar-refractivity contribution is 7.98. The number of aromatic nitrogens is 2. The molecule has 0 atom stereocenters. The smallest absolute Gasteiger partial charge is 0.194 e. The molecular formula is C19H13ClN2OS2. The van der Waals surface area contributed by atoms with Crippen LogP contribution < -0.4 is 0 Å². The molecule has 0 fully saturated rings. The van der Waals surface area contributed by atoms with Gasteiger partial charge in [0, 0.05) is 32.8 Å². The summed E-state index contributed by atoms with van der Waals surface area (Å²) in [6, 6.07) is 16.0. The summed E-state index contributed by atoms with van der Waals surface area (Å²) < 4.78 is 1.82. The molecule has 2 aromatic carbocycles. The van der Waals surface area contributed by atoms with E-state index in [9.17, 15) is 4.79 Å². The largest absolute Gasteiger partial charge is 0.296 e. The summed E-state index contributed by atoms with van der Waals surface area (Å²) in [6.07, 6.45) is 2.72. The Morgan fingerprint density at radius 3 is 2.84 bits per heavy atom. The number of halogens is 1. The molecule has 0 bridgehead atoms. The molecule has 0 aliphatic heterocycles. The molecule has 3 nitrogen and oxygen atoms in total. The van der Waals surface area contributed by atoms with Crippen LogP contribution in [0.25, 0.3) is 16.2 Å². The van der Waals surface area contributed by atoms with Gasteiger partial charge in [0.25, 0.3) is 0 Å². The highest BCUT2D eigenvalue weighted by Crippen LogP contribution is 2.37. The number of hydrogen-bond donors (Lipinski definition) is 0. The zero-order chi connectivity index (χ0) is 17.2. The third kappa shape index (κ3) is 3.23. The minimum absolute atomic E-state index is 0.556. The molecule has 2 aromatic heterocycles. The molecule has 2 heterocycles. The zero-order valence-corrected chi connectivity index (χ0v) is 15.4. The molecule has 0 saturated heterocycles. The van der Waals surface area contributed by atoms with Gasteiger partial charge < -0.3 is 0 Å². The summed E-state index contributed by atoms with van der Waals surface area (Å²) in [7, 11) is 0. The van der Waals surface area contributed by atoms with Crippen LogP contribution in [0.2, 0.25) is 5.02 Å². The first-order valence-electron chi connectivity index (χ1n) is 7.63. The van der Waals surface area contributed by atoms with Crippen LogP contribution in [0.5, 0.6) is 0 Å². The second-order valence-corrected chi connectivity index (χ2v) is 7.76. The van der Waals surface area contributed by atoms with Crippen LogP contribution in [-0.2, 0) is 5.75 Å². The van der Waals surface area contributed by atoms with Gasteiger partial charge in [-0.05, 0) is 23.8 Å². The van der Waals surface area contributed by atoms with Crippen molar-refractivity contribution >= 4 is 45.9 Å². The predicted octanol–water partition coefficient (Wildman–Crippen LogP) is 5.82. The maximum absolute atomic E-state index is 11.7. The monoisotopic (exact) mass is 384 g/mol. The van der Waals surface area contributed by atoms with Crippen LogP contribution in [0.15, 0.2) is 65.0 Å². The van der Waals surface area contributed by atoms with E-state index in [2.05, 4.69) is 17.1 Å². The summed E-state index contributed by atoms with van der Waals surface area (Å²) in [4.78, 5) is 18.2. The molecule has 0 radical (unpaired) electrons. The fraction of sp³-hybridized carbons (Fsp3) is 0.0526. The average molecular weight is 385 g/mol. The fourth-order valence-corrected chi connectivity index (χ4v) is 4.55. The van der Waals surface area contributed by atoms with E-state index in [-0.39, 0.29) is 0 Å². The van der Waals surface area contributed by atoms with Crippen LogP contribution in [-0.4, -0.2) is 15.7 Å². The molecule has 0 aliphatic carbocycles. The summed E-state index contributed by atoms with van der Waals surface area (Å²) in [5.74, 6) is 0.841. The zero-order valence-electron chi connectivity index (χ0n) is 13.1. The lowest BCUT2D eigenvalue weighted by Crippen LogP contribution is -1.92. The summed E-state index contributed by atoms with van der Waals surface area (Å²) in [6.45, 7) is 0. The van der Waals surface area contributed by atoms with Crippen molar-refractivity contribution in [1.29, 1.82) is 0 Å². The molecule has 4 rings (SSSR count). The highest BCUT2D eigenvalue weighted by atomic mass is 35.5. The number of fused-ring (bicyclic) bond motifs is 1. The SMILES string of the molecule is O=Cc1c(-c2cc(Cl)ccc2SCc2ccccc2)nc2sccn12. The summed E-state index contributed by atoms with van der Waals surface area (Å²) >= 11 is 9.44. The minimum Gasteiger partial charge on any atom is -0.296 e. The molecule has 0 aliphatic rings. The van der Waals surface area contributed by atoms with Gasteiger partial charge in [-0.1, -0.05) is 41.9 Å². The number of thioether (sulfide) groups is 1. The number of benzene rings is 2. The van der Waals surface area contributed by atoms with Crippen molar-refractivity contribution in [1.82, 2.24) is 9.38 Å². The lowest BCUT2D eigenvalue weighted by Gasteiger charge is -2.09. The van der Waals surface area contributed by atoms with E-state index in [1.165, 1.54) is 16.9 Å². The van der Waals surface area contributed by atoms with Gasteiger partial charge in [-0.15, -0.1) is 23.1 Å². The molecule has 0 N–H and O–H groups in total. The van der Waals surface area contributed by atoms with Gasteiger partial charge >= 0.3 is 0 Å².